The molecule has 1 N–H and O–H groups in total. The zero-order valence-corrected chi connectivity index (χ0v) is 20.4. The minimum Gasteiger partial charge on any atom is -0.361 e. The molecule has 3 nitrogen and oxygen atoms in total. The van der Waals surface area contributed by atoms with Crippen molar-refractivity contribution in [3.8, 4) is 0 Å². The summed E-state index contributed by atoms with van der Waals surface area (Å²) in [7, 11) is 0. The largest absolute Gasteiger partial charge is 0.361 e. The van der Waals surface area contributed by atoms with Gasteiger partial charge in [0, 0.05) is 27.2 Å². The number of hydrogen-bond donors (Lipinski definition) is 1. The molecule has 0 bridgehead atoms. The maximum Gasteiger partial charge on any atom is 0.161 e. The van der Waals surface area contributed by atoms with Crippen molar-refractivity contribution >= 4 is 33.0 Å². The second kappa shape index (κ2) is 8.18. The molecule has 0 saturated carbocycles. The van der Waals surface area contributed by atoms with E-state index in [9.17, 15) is 9.59 Å². The molecule has 0 radical (unpaired) electrons. The molecule has 4 heteroatoms. The number of carbonyl (C=O) groups is 2. The lowest BCUT2D eigenvalue weighted by molar-refractivity contribution is -0.113. The zero-order chi connectivity index (χ0) is 23.3. The maximum absolute atomic E-state index is 12.6. The van der Waals surface area contributed by atoms with Crippen LogP contribution >= 0.6 is 11.3 Å². The average Bonchev–Trinajstić information content (AvgIpc) is 3.25. The van der Waals surface area contributed by atoms with Crippen LogP contribution in [0.5, 0.6) is 0 Å². The van der Waals surface area contributed by atoms with Gasteiger partial charge < -0.3 is 4.98 Å². The van der Waals surface area contributed by atoms with Crippen molar-refractivity contribution in [2.75, 3.05) is 0 Å². The Morgan fingerprint density at radius 1 is 1.06 bits per heavy atom. The molecule has 0 aliphatic heterocycles. The SMILES string of the molecule is C=C1CC(C)=C(C(C)=O)C(C)=C1C(c1[nH]c(C)c(C(C)=O)c1C)c1csc2ccccc12. The second-order valence-corrected chi connectivity index (χ2v) is 9.78. The highest BCUT2D eigenvalue weighted by atomic mass is 32.1. The van der Waals surface area contributed by atoms with Crippen molar-refractivity contribution in [2.24, 2.45) is 0 Å². The van der Waals surface area contributed by atoms with Crippen LogP contribution in [-0.4, -0.2) is 16.6 Å². The van der Waals surface area contributed by atoms with E-state index in [1.165, 1.54) is 15.6 Å². The smallest absolute Gasteiger partial charge is 0.161 e. The highest BCUT2D eigenvalue weighted by Gasteiger charge is 2.33. The van der Waals surface area contributed by atoms with E-state index < -0.39 is 0 Å². The number of Topliss-reactive ketones (excluding diaryl/α,β-unsaturated/α-hetero) is 2. The Bertz CT molecular complexity index is 1360. The third-order valence-electron chi connectivity index (χ3n) is 6.64. The lowest BCUT2D eigenvalue weighted by atomic mass is 9.73. The van der Waals surface area contributed by atoms with Crippen molar-refractivity contribution in [3.05, 3.63) is 92.2 Å². The van der Waals surface area contributed by atoms with E-state index in [0.29, 0.717) is 6.42 Å². The molecule has 1 aliphatic rings. The Morgan fingerprint density at radius 2 is 1.75 bits per heavy atom. The molecule has 164 valence electrons. The van der Waals surface area contributed by atoms with Crippen molar-refractivity contribution < 1.29 is 9.59 Å². The number of benzene rings is 1. The maximum atomic E-state index is 12.6. The Hall–Kier alpha value is -2.98. The molecular formula is C28H29NO2S. The lowest BCUT2D eigenvalue weighted by Crippen LogP contribution is -2.17. The third kappa shape index (κ3) is 3.43. The first-order valence-corrected chi connectivity index (χ1v) is 11.8. The van der Waals surface area contributed by atoms with Crippen LogP contribution in [0.15, 0.2) is 64.1 Å². The summed E-state index contributed by atoms with van der Waals surface area (Å²) in [5, 5.41) is 3.41. The first kappa shape index (κ1) is 22.2. The number of fused-ring (bicyclic) bond motifs is 1. The number of H-pyrrole nitrogens is 1. The summed E-state index contributed by atoms with van der Waals surface area (Å²) in [6, 6.07) is 8.40. The summed E-state index contributed by atoms with van der Waals surface area (Å²) in [5.41, 5.74) is 9.78. The van der Waals surface area contributed by atoms with Gasteiger partial charge in [0.25, 0.3) is 0 Å². The summed E-state index contributed by atoms with van der Waals surface area (Å²) < 4.78 is 1.22. The topological polar surface area (TPSA) is 49.9 Å². The van der Waals surface area contributed by atoms with Crippen LogP contribution in [0.25, 0.3) is 10.1 Å². The monoisotopic (exact) mass is 443 g/mol. The number of thiophene rings is 1. The molecule has 1 aliphatic carbocycles. The van der Waals surface area contributed by atoms with Gasteiger partial charge in [-0.25, -0.2) is 0 Å². The second-order valence-electron chi connectivity index (χ2n) is 8.87. The molecule has 0 saturated heterocycles. The molecule has 3 aromatic rings. The van der Waals surface area contributed by atoms with Gasteiger partial charge in [-0.05, 0) is 92.6 Å². The number of aromatic amines is 1. The normalized spacial score (nSPS) is 15.6. The van der Waals surface area contributed by atoms with Gasteiger partial charge in [0.2, 0.25) is 0 Å². The molecule has 1 atom stereocenters. The van der Waals surface area contributed by atoms with Crippen molar-refractivity contribution in [2.45, 2.75) is 53.9 Å². The van der Waals surface area contributed by atoms with E-state index in [2.05, 4.69) is 41.2 Å². The van der Waals surface area contributed by atoms with Crippen LogP contribution in [0.1, 0.15) is 72.9 Å². The van der Waals surface area contributed by atoms with E-state index in [-0.39, 0.29) is 17.5 Å². The first-order chi connectivity index (χ1) is 15.1. The fourth-order valence-electron chi connectivity index (χ4n) is 5.48. The Morgan fingerprint density at radius 3 is 2.38 bits per heavy atom. The van der Waals surface area contributed by atoms with Gasteiger partial charge in [-0.3, -0.25) is 9.59 Å². The lowest BCUT2D eigenvalue weighted by Gasteiger charge is -2.30. The van der Waals surface area contributed by atoms with Gasteiger partial charge in [-0.15, -0.1) is 11.3 Å². The molecule has 0 spiro atoms. The van der Waals surface area contributed by atoms with Crippen LogP contribution in [0.3, 0.4) is 0 Å². The molecule has 4 rings (SSSR count). The van der Waals surface area contributed by atoms with E-state index in [0.717, 1.165) is 50.4 Å². The molecule has 0 amide bonds. The summed E-state index contributed by atoms with van der Waals surface area (Å²) in [6.45, 7) is 15.7. The number of rotatable bonds is 5. The quantitative estimate of drug-likeness (QED) is 0.419. The van der Waals surface area contributed by atoms with E-state index in [1.807, 2.05) is 27.7 Å². The standard InChI is InChI=1S/C28H29NO2S/c1-14-12-15(2)25(16(3)24(14)19(6)30)27(22-13-32-23-11-9-8-10-21(22)23)28-17(4)26(20(7)31)18(5)29-28/h8-11,13,27,29H,2,12H2,1,3-7H3. The fraction of sp³-hybridized carbons (Fsp3) is 0.286. The van der Waals surface area contributed by atoms with Crippen molar-refractivity contribution in [1.82, 2.24) is 4.98 Å². The summed E-state index contributed by atoms with van der Waals surface area (Å²) in [5.74, 6) is 0.0143. The molecule has 1 unspecified atom stereocenters. The number of ketones is 2. The molecule has 1 aromatic carbocycles. The summed E-state index contributed by atoms with van der Waals surface area (Å²) in [6.07, 6.45) is 0.679. The molecule has 32 heavy (non-hydrogen) atoms. The Balaban J connectivity index is 2.09. The zero-order valence-electron chi connectivity index (χ0n) is 19.6. The number of aryl methyl sites for hydroxylation is 1. The van der Waals surface area contributed by atoms with Gasteiger partial charge in [0.1, 0.15) is 0 Å². The number of carbonyl (C=O) groups excluding carboxylic acids is 2. The number of hydrogen-bond acceptors (Lipinski definition) is 3. The summed E-state index contributed by atoms with van der Waals surface area (Å²) in [4.78, 5) is 28.5. The van der Waals surface area contributed by atoms with E-state index >= 15 is 0 Å². The first-order valence-electron chi connectivity index (χ1n) is 10.9. The molecule has 2 aromatic heterocycles. The van der Waals surface area contributed by atoms with E-state index in [1.54, 1.807) is 25.2 Å². The van der Waals surface area contributed by atoms with Crippen LogP contribution in [0.2, 0.25) is 0 Å². The van der Waals surface area contributed by atoms with Crippen LogP contribution in [0.4, 0.5) is 0 Å². The molecule has 2 heterocycles. The van der Waals surface area contributed by atoms with Gasteiger partial charge in [-0.1, -0.05) is 30.4 Å². The minimum atomic E-state index is -0.132. The average molecular weight is 444 g/mol. The van der Waals surface area contributed by atoms with Gasteiger partial charge in [0.05, 0.1) is 5.92 Å². The van der Waals surface area contributed by atoms with Crippen LogP contribution < -0.4 is 0 Å². The van der Waals surface area contributed by atoms with E-state index in [4.69, 9.17) is 0 Å². The summed E-state index contributed by atoms with van der Waals surface area (Å²) >= 11 is 1.72. The van der Waals surface area contributed by atoms with Crippen molar-refractivity contribution in [1.29, 1.82) is 0 Å². The minimum absolute atomic E-state index is 0.0600. The van der Waals surface area contributed by atoms with Gasteiger partial charge in [0.15, 0.2) is 11.6 Å². The van der Waals surface area contributed by atoms with Gasteiger partial charge >= 0.3 is 0 Å². The third-order valence-corrected chi connectivity index (χ3v) is 7.63. The number of nitrogens with one attached hydrogen (secondary N) is 1. The van der Waals surface area contributed by atoms with Crippen LogP contribution in [-0.2, 0) is 4.79 Å². The van der Waals surface area contributed by atoms with Crippen molar-refractivity contribution in [3.63, 3.8) is 0 Å². The van der Waals surface area contributed by atoms with Gasteiger partial charge in [-0.2, -0.15) is 0 Å². The predicted molar refractivity (Wildman–Crippen MR) is 134 cm³/mol. The van der Waals surface area contributed by atoms with Crippen LogP contribution in [0, 0.1) is 13.8 Å². The predicted octanol–water partition coefficient (Wildman–Crippen LogP) is 7.36. The Kier molecular flexibility index (Phi) is 5.68. The number of allylic oxidation sites excluding steroid dienone is 5. The molecule has 0 fully saturated rings. The Labute approximate surface area is 193 Å². The highest BCUT2D eigenvalue weighted by molar-refractivity contribution is 7.17. The number of aromatic nitrogens is 1. The fourth-order valence-corrected chi connectivity index (χ4v) is 6.46. The highest BCUT2D eigenvalue weighted by Crippen LogP contribution is 2.48. The molecular weight excluding hydrogens is 414 g/mol.